The lowest BCUT2D eigenvalue weighted by Crippen LogP contribution is -2.48. The zero-order valence-corrected chi connectivity index (χ0v) is 48.4. The summed E-state index contributed by atoms with van der Waals surface area (Å²) < 4.78 is 71.3. The Morgan fingerprint density at radius 3 is 2.32 bits per heavy atom. The molecule has 33 nitrogen and oxygen atoms in total. The van der Waals surface area contributed by atoms with Gasteiger partial charge in [-0.2, -0.15) is 4.98 Å². The first-order valence-electron chi connectivity index (χ1n) is 25.0. The molecule has 2 saturated heterocycles. The lowest BCUT2D eigenvalue weighted by molar-refractivity contribution is -0.159. The van der Waals surface area contributed by atoms with Crippen LogP contribution >= 0.6 is 37.2 Å². The van der Waals surface area contributed by atoms with Crippen molar-refractivity contribution in [3.63, 3.8) is 0 Å². The van der Waals surface area contributed by atoms with Gasteiger partial charge < -0.3 is 70.9 Å². The van der Waals surface area contributed by atoms with Gasteiger partial charge in [-0.05, 0) is 57.2 Å². The van der Waals surface area contributed by atoms with Crippen molar-refractivity contribution in [3.05, 3.63) is 75.7 Å². The molecule has 3 unspecified atom stereocenters. The largest absolute Gasteiger partial charge is 0.472 e. The molecule has 0 bridgehead atoms. The number of rotatable bonds is 26. The predicted octanol–water partition coefficient (Wildman–Crippen LogP) is 3.91. The van der Waals surface area contributed by atoms with E-state index in [0.29, 0.717) is 11.3 Å². The number of carbonyl (C=O) groups is 4. The van der Waals surface area contributed by atoms with Crippen LogP contribution in [0, 0.1) is 0 Å². The highest BCUT2D eigenvalue weighted by atomic mass is 33.1. The Balaban J connectivity index is 1.15. The minimum atomic E-state index is -5.33. The highest BCUT2D eigenvalue weighted by molar-refractivity contribution is 8.77. The minimum absolute atomic E-state index is 0.0313. The van der Waals surface area contributed by atoms with E-state index < -0.39 is 126 Å². The van der Waals surface area contributed by atoms with Crippen LogP contribution in [0.3, 0.4) is 0 Å². The van der Waals surface area contributed by atoms with Crippen LogP contribution in [0.5, 0.6) is 0 Å². The van der Waals surface area contributed by atoms with E-state index in [4.69, 9.17) is 49.7 Å². The van der Waals surface area contributed by atoms with Gasteiger partial charge in [0.1, 0.15) is 72.6 Å². The molecule has 11 N–H and O–H groups in total. The summed E-state index contributed by atoms with van der Waals surface area (Å²) in [5, 5.41) is 23.3. The van der Waals surface area contributed by atoms with Crippen LogP contribution in [0.2, 0.25) is 0 Å². The van der Waals surface area contributed by atoms with Crippen LogP contribution in [-0.4, -0.2) is 151 Å². The van der Waals surface area contributed by atoms with E-state index in [-0.39, 0.29) is 65.7 Å². The number of carbonyl (C=O) groups excluding carboxylic acids is 4. The Kier molecular flexibility index (Phi) is 22.5. The number of nitrogens with zero attached hydrogens (tertiary/aromatic N) is 9. The van der Waals surface area contributed by atoms with E-state index in [0.717, 1.165) is 10.9 Å². The fraction of sp³-hybridized carbons (Fsp3) is 0.578. The van der Waals surface area contributed by atoms with Crippen molar-refractivity contribution in [1.82, 2.24) is 45.0 Å². The smallest absolute Gasteiger partial charge is 0.455 e. The quantitative estimate of drug-likeness (QED) is 0.00629. The first-order chi connectivity index (χ1) is 38.5. The molecule has 0 aliphatic carbocycles. The maximum absolute atomic E-state index is 14.3. The number of nitrogen functional groups attached to an aromatic ring is 2. The van der Waals surface area contributed by atoms with Crippen LogP contribution < -0.4 is 33.1 Å². The number of aliphatic hydroxyl groups is 1. The predicted molar refractivity (Wildman–Crippen MR) is 292 cm³/mol. The maximum Gasteiger partial charge on any atom is 0.472 e. The fourth-order valence-corrected chi connectivity index (χ4v) is 11.6. The Bertz CT molecular complexity index is 3080. The number of nitrogens with two attached hydrogens (primary N) is 2. The number of hydrogen-bond acceptors (Lipinski definition) is 25. The Morgan fingerprint density at radius 2 is 1.65 bits per heavy atom. The summed E-state index contributed by atoms with van der Waals surface area (Å²) in [7, 11) is -7.60. The van der Waals surface area contributed by atoms with Crippen molar-refractivity contribution in [3.8, 4) is 0 Å². The highest BCUT2D eigenvalue weighted by Crippen LogP contribution is 2.50. The van der Waals surface area contributed by atoms with Crippen molar-refractivity contribution in [2.24, 2.45) is 5.11 Å². The molecule has 3 amide bonds. The molecule has 0 spiro atoms. The number of unbranched alkanes of at least 4 members (excludes halogenated alkanes) is 1. The lowest BCUT2D eigenvalue weighted by atomic mass is 10.1. The number of benzene rings is 1. The number of aliphatic hydroxyl groups excluding tert-OH is 1. The molecule has 2 aliphatic rings. The SMILES string of the molecule is CC(C)(C)OC(=O)NC(CCCCNC(=O)C(CSSC(C)(C)C)NC(=O)OCc1ccc(N=[N+]=[N-])cc1)C(=O)O[C@H]1[C@@H](O)[C@H](n2cnc3c(N)ncnc32)O[C@H]1COP(=O)(O)O[C@H]1C[C@H](n2ccc(N)nc2=O)O[C@@H]1COP(=O)(O)O. The number of phosphoric acid groups is 2. The van der Waals surface area contributed by atoms with Crippen molar-refractivity contribution in [2.75, 3.05) is 37.0 Å². The summed E-state index contributed by atoms with van der Waals surface area (Å²) in [5.41, 5.74) is 19.5. The molecule has 2 fully saturated rings. The summed E-state index contributed by atoms with van der Waals surface area (Å²) in [4.78, 5) is 115. The number of esters is 1. The van der Waals surface area contributed by atoms with Gasteiger partial charge >= 0.3 is 39.5 Å². The topological polar surface area (TPSA) is 473 Å². The molecule has 4 aromatic rings. The molecular weight excluding hydrogens is 1170 g/mol. The monoisotopic (exact) mass is 1230 g/mol. The summed E-state index contributed by atoms with van der Waals surface area (Å²) in [6.07, 6.45) is -9.60. The minimum Gasteiger partial charge on any atom is -0.455 e. The molecule has 10 atom stereocenters. The van der Waals surface area contributed by atoms with E-state index in [1.54, 1.807) is 45.0 Å². The molecule has 0 radical (unpaired) electrons. The number of nitrogens with one attached hydrogen (secondary N) is 3. The molecule has 37 heteroatoms. The number of aromatic nitrogens is 6. The molecule has 1 aromatic carbocycles. The Morgan fingerprint density at radius 1 is 0.939 bits per heavy atom. The van der Waals surface area contributed by atoms with Crippen molar-refractivity contribution >= 4 is 89.8 Å². The average molecular weight is 1230 g/mol. The van der Waals surface area contributed by atoms with E-state index in [1.807, 2.05) is 20.8 Å². The number of imidazole rings is 1. The molecule has 450 valence electrons. The van der Waals surface area contributed by atoms with E-state index in [2.05, 4.69) is 50.4 Å². The van der Waals surface area contributed by atoms with Gasteiger partial charge in [-0.25, -0.2) is 43.3 Å². The second kappa shape index (κ2) is 28.4. The first kappa shape index (κ1) is 65.0. The molecule has 2 aliphatic heterocycles. The number of fused-ring (bicyclic) bond motifs is 1. The van der Waals surface area contributed by atoms with Gasteiger partial charge in [0.05, 0.1) is 19.5 Å². The van der Waals surface area contributed by atoms with E-state index in [9.17, 15) is 52.9 Å². The van der Waals surface area contributed by atoms with Crippen LogP contribution in [0.4, 0.5) is 26.9 Å². The van der Waals surface area contributed by atoms with Crippen LogP contribution in [0.1, 0.15) is 85.2 Å². The maximum atomic E-state index is 14.3. The lowest BCUT2D eigenvalue weighted by Gasteiger charge is -2.26. The number of azide groups is 1. The van der Waals surface area contributed by atoms with Crippen molar-refractivity contribution in [1.29, 1.82) is 0 Å². The van der Waals surface area contributed by atoms with Gasteiger partial charge in [-0.15, -0.1) is 0 Å². The second-order valence-electron chi connectivity index (χ2n) is 20.2. The molecular formula is C45H64N14O19P2S2. The van der Waals surface area contributed by atoms with Gasteiger partial charge in [0, 0.05) is 40.3 Å². The highest BCUT2D eigenvalue weighted by Gasteiger charge is 2.50. The molecule has 3 aromatic heterocycles. The van der Waals surface area contributed by atoms with E-state index >= 15 is 0 Å². The summed E-state index contributed by atoms with van der Waals surface area (Å²) in [5.74, 6) is -1.70. The van der Waals surface area contributed by atoms with Crippen molar-refractivity contribution < 1.29 is 85.4 Å². The fourth-order valence-electron chi connectivity index (χ4n) is 7.83. The molecule has 82 heavy (non-hydrogen) atoms. The average Bonchev–Trinajstić information content (AvgIpc) is 4.27. The van der Waals surface area contributed by atoms with Crippen LogP contribution in [-0.2, 0) is 62.6 Å². The zero-order chi connectivity index (χ0) is 60.2. The summed E-state index contributed by atoms with van der Waals surface area (Å²) in [6.45, 7) is 8.74. The first-order valence-corrected chi connectivity index (χ1v) is 30.3. The Hall–Kier alpha value is -6.16. The standard InChI is InChI=1S/C45H64N14O19P2S2/c1-44(2,3)77-43(65)53-26(9-7-8-15-49-38(61)27(21-81-82-45(4,5)6)54-42(64)71-18-24-10-12-25(13-11-24)56-57-48)40(62)76-35-30(75-39(34(35)60)59-23-52-33-36(47)50-22-51-37(33)59)20-73-80(69,70)78-28-17-32(58-16-14-31(46)55-41(58)63)74-29(28)19-72-79(66,67)68/h10-14,16,22-23,26-30,32,34-35,39,60H,7-9,15,17-21H2,1-6H3,(H,49,61)(H,53,65)(H,54,64)(H,69,70)(H2,46,55,63)(H2,47,50,51)(H2,66,67,68)/t26?,27?,28-,29+,30-,32+,34+,35+,39+/m0/s1. The third-order valence-electron chi connectivity index (χ3n) is 11.5. The van der Waals surface area contributed by atoms with E-state index in [1.165, 1.54) is 44.7 Å². The van der Waals surface area contributed by atoms with Crippen LogP contribution in [0.15, 0.2) is 59.1 Å². The third kappa shape index (κ3) is 19.8. The number of anilines is 2. The van der Waals surface area contributed by atoms with Gasteiger partial charge in [0.15, 0.2) is 23.8 Å². The third-order valence-corrected chi connectivity index (χ3v) is 16.3. The second-order valence-corrected chi connectivity index (χ2v) is 26.0. The number of phosphoric ester groups is 2. The number of ether oxygens (including phenoxy) is 5. The van der Waals surface area contributed by atoms with Gasteiger partial charge in [-0.1, -0.05) is 71.7 Å². The molecule has 0 saturated carbocycles. The number of hydrogen-bond donors (Lipinski definition) is 9. The van der Waals surface area contributed by atoms with Crippen molar-refractivity contribution in [2.45, 2.75) is 139 Å². The van der Waals surface area contributed by atoms with Crippen LogP contribution in [0.25, 0.3) is 21.6 Å². The normalized spacial score (nSPS) is 21.6. The summed E-state index contributed by atoms with van der Waals surface area (Å²) >= 11 is 0. The van der Waals surface area contributed by atoms with Gasteiger partial charge in [0.25, 0.3) is 0 Å². The number of amides is 3. The molecule has 6 rings (SSSR count). The number of alkyl carbamates (subject to hydrolysis) is 2. The molecule has 5 heterocycles. The van der Waals surface area contributed by atoms with Gasteiger partial charge in [-0.3, -0.25) is 27.5 Å². The van der Waals surface area contributed by atoms with Gasteiger partial charge in [0.2, 0.25) is 5.91 Å². The summed E-state index contributed by atoms with van der Waals surface area (Å²) in [6, 6.07) is 5.04. The Labute approximate surface area is 475 Å². The zero-order valence-electron chi connectivity index (χ0n) is 45.0.